The number of anilines is 1. The summed E-state index contributed by atoms with van der Waals surface area (Å²) in [5, 5.41) is 5.37. The summed E-state index contributed by atoms with van der Waals surface area (Å²) in [5.74, 6) is -4.13. The van der Waals surface area contributed by atoms with Gasteiger partial charge in [0.25, 0.3) is 0 Å². The van der Waals surface area contributed by atoms with Gasteiger partial charge in [-0.3, -0.25) is 0 Å². The number of hydrogen-bond acceptors (Lipinski definition) is 4. The topological polar surface area (TPSA) is 52.0 Å². The molecule has 0 aliphatic carbocycles. The summed E-state index contributed by atoms with van der Waals surface area (Å²) in [6, 6.07) is 5.43. The normalized spacial score (nSPS) is 10.9. The van der Waals surface area contributed by atoms with Gasteiger partial charge in [-0.05, 0) is 23.6 Å². The lowest BCUT2D eigenvalue weighted by Gasteiger charge is -2.03. The zero-order valence-electron chi connectivity index (χ0n) is 9.86. The van der Waals surface area contributed by atoms with Crippen molar-refractivity contribution in [3.63, 3.8) is 0 Å². The Morgan fingerprint density at radius 3 is 2.60 bits per heavy atom. The fourth-order valence-electron chi connectivity index (χ4n) is 1.85. The molecule has 0 spiro atoms. The number of rotatable bonds is 2. The summed E-state index contributed by atoms with van der Waals surface area (Å²) in [6.07, 6.45) is 0. The van der Waals surface area contributed by atoms with Crippen LogP contribution in [0, 0.1) is 17.5 Å². The fraction of sp³-hybridized carbons (Fsp3) is 0. The standard InChI is InChI=1S/C13H7F3N2OS/c14-7-4-3-6(10(15)11(7)16)12-9(13(17)18-19-12)8-2-1-5-20-8/h1-5H,(H2,17,18). The minimum atomic E-state index is -1.56. The molecule has 0 saturated carbocycles. The molecule has 20 heavy (non-hydrogen) atoms. The van der Waals surface area contributed by atoms with Crippen molar-refractivity contribution in [2.24, 2.45) is 0 Å². The van der Waals surface area contributed by atoms with Gasteiger partial charge in [-0.15, -0.1) is 11.3 Å². The second-order valence-electron chi connectivity index (χ2n) is 3.97. The molecule has 2 heterocycles. The first kappa shape index (κ1) is 12.7. The van der Waals surface area contributed by atoms with Crippen LogP contribution in [0.4, 0.5) is 19.0 Å². The van der Waals surface area contributed by atoms with Crippen molar-refractivity contribution in [3.05, 3.63) is 47.1 Å². The Labute approximate surface area is 115 Å². The minimum absolute atomic E-state index is 0.0265. The summed E-state index contributed by atoms with van der Waals surface area (Å²) < 4.78 is 45.1. The Hall–Kier alpha value is -2.28. The molecule has 0 radical (unpaired) electrons. The predicted molar refractivity (Wildman–Crippen MR) is 69.5 cm³/mol. The molecule has 2 aromatic heterocycles. The van der Waals surface area contributed by atoms with Gasteiger partial charge < -0.3 is 10.3 Å². The molecule has 0 amide bonds. The molecular formula is C13H7F3N2OS. The molecule has 3 aromatic rings. The third kappa shape index (κ3) is 1.87. The monoisotopic (exact) mass is 296 g/mol. The van der Waals surface area contributed by atoms with Crippen LogP contribution in [0.25, 0.3) is 21.8 Å². The van der Waals surface area contributed by atoms with Gasteiger partial charge in [-0.2, -0.15) is 0 Å². The lowest BCUT2D eigenvalue weighted by molar-refractivity contribution is 0.423. The molecule has 7 heteroatoms. The van der Waals surface area contributed by atoms with Crippen LogP contribution in [0.3, 0.4) is 0 Å². The van der Waals surface area contributed by atoms with Crippen molar-refractivity contribution in [1.82, 2.24) is 5.16 Å². The van der Waals surface area contributed by atoms with E-state index in [1.54, 1.807) is 17.5 Å². The van der Waals surface area contributed by atoms with Crippen LogP contribution in [-0.2, 0) is 0 Å². The van der Waals surface area contributed by atoms with E-state index in [9.17, 15) is 13.2 Å². The van der Waals surface area contributed by atoms with E-state index in [0.29, 0.717) is 10.4 Å². The van der Waals surface area contributed by atoms with Crippen molar-refractivity contribution in [1.29, 1.82) is 0 Å². The zero-order valence-corrected chi connectivity index (χ0v) is 10.7. The smallest absolute Gasteiger partial charge is 0.195 e. The number of nitrogens with two attached hydrogens (primary N) is 1. The molecule has 102 valence electrons. The first-order valence-corrected chi connectivity index (χ1v) is 6.40. The molecule has 0 aliphatic rings. The average molecular weight is 296 g/mol. The third-order valence-corrected chi connectivity index (χ3v) is 3.65. The van der Waals surface area contributed by atoms with Crippen LogP contribution in [0.15, 0.2) is 34.2 Å². The second-order valence-corrected chi connectivity index (χ2v) is 4.92. The van der Waals surface area contributed by atoms with Crippen molar-refractivity contribution < 1.29 is 17.7 Å². The maximum absolute atomic E-state index is 13.8. The van der Waals surface area contributed by atoms with E-state index >= 15 is 0 Å². The van der Waals surface area contributed by atoms with E-state index in [2.05, 4.69) is 5.16 Å². The average Bonchev–Trinajstić information content (AvgIpc) is 3.05. The van der Waals surface area contributed by atoms with Gasteiger partial charge in [0.05, 0.1) is 11.1 Å². The number of halogens is 3. The van der Waals surface area contributed by atoms with E-state index < -0.39 is 17.5 Å². The van der Waals surface area contributed by atoms with Crippen LogP contribution < -0.4 is 5.73 Å². The number of nitrogen functional groups attached to an aromatic ring is 1. The van der Waals surface area contributed by atoms with Gasteiger partial charge in [0, 0.05) is 4.88 Å². The Balaban J connectivity index is 2.25. The summed E-state index contributed by atoms with van der Waals surface area (Å²) in [4.78, 5) is 0.697. The number of nitrogens with zero attached hydrogens (tertiary/aromatic N) is 1. The fourth-order valence-corrected chi connectivity index (χ4v) is 2.62. The van der Waals surface area contributed by atoms with Gasteiger partial charge in [-0.1, -0.05) is 11.2 Å². The maximum Gasteiger partial charge on any atom is 0.195 e. The highest BCUT2D eigenvalue weighted by atomic mass is 32.1. The van der Waals surface area contributed by atoms with Gasteiger partial charge in [0.15, 0.2) is 29.0 Å². The Kier molecular flexibility index (Phi) is 2.98. The highest BCUT2D eigenvalue weighted by Crippen LogP contribution is 2.40. The minimum Gasteiger partial charge on any atom is -0.380 e. The van der Waals surface area contributed by atoms with Crippen LogP contribution in [-0.4, -0.2) is 5.16 Å². The predicted octanol–water partition coefficient (Wildman–Crippen LogP) is 4.07. The molecule has 0 atom stereocenters. The second kappa shape index (κ2) is 4.68. The molecule has 3 nitrogen and oxygen atoms in total. The van der Waals surface area contributed by atoms with Gasteiger partial charge in [0.2, 0.25) is 0 Å². The molecule has 1 aromatic carbocycles. The maximum atomic E-state index is 13.8. The van der Waals surface area contributed by atoms with Crippen molar-refractivity contribution >= 4 is 17.2 Å². The van der Waals surface area contributed by atoms with Gasteiger partial charge >= 0.3 is 0 Å². The number of aromatic nitrogens is 1. The van der Waals surface area contributed by atoms with E-state index in [1.165, 1.54) is 11.3 Å². The summed E-state index contributed by atoms with van der Waals surface area (Å²) in [6.45, 7) is 0. The largest absolute Gasteiger partial charge is 0.380 e. The Bertz CT molecular complexity index is 768. The first-order valence-electron chi connectivity index (χ1n) is 5.52. The Morgan fingerprint density at radius 1 is 1.10 bits per heavy atom. The molecule has 2 N–H and O–H groups in total. The quantitative estimate of drug-likeness (QED) is 0.725. The van der Waals surface area contributed by atoms with Crippen LogP contribution >= 0.6 is 11.3 Å². The van der Waals surface area contributed by atoms with Crippen molar-refractivity contribution in [2.75, 3.05) is 5.73 Å². The van der Waals surface area contributed by atoms with E-state index in [4.69, 9.17) is 10.3 Å². The van der Waals surface area contributed by atoms with Crippen molar-refractivity contribution in [3.8, 4) is 21.8 Å². The number of hydrogen-bond donors (Lipinski definition) is 1. The lowest BCUT2D eigenvalue weighted by atomic mass is 10.1. The van der Waals surface area contributed by atoms with E-state index in [1.807, 2.05) is 0 Å². The summed E-state index contributed by atoms with van der Waals surface area (Å²) >= 11 is 1.35. The molecule has 0 bridgehead atoms. The summed E-state index contributed by atoms with van der Waals surface area (Å²) in [5.41, 5.74) is 5.84. The summed E-state index contributed by atoms with van der Waals surface area (Å²) in [7, 11) is 0. The van der Waals surface area contributed by atoms with Gasteiger partial charge in [-0.25, -0.2) is 13.2 Å². The number of benzene rings is 1. The molecule has 0 unspecified atom stereocenters. The Morgan fingerprint density at radius 2 is 1.90 bits per heavy atom. The van der Waals surface area contributed by atoms with Crippen LogP contribution in [0.5, 0.6) is 0 Å². The highest BCUT2D eigenvalue weighted by Gasteiger charge is 2.24. The van der Waals surface area contributed by atoms with E-state index in [0.717, 1.165) is 12.1 Å². The van der Waals surface area contributed by atoms with Crippen LogP contribution in [0.1, 0.15) is 0 Å². The first-order chi connectivity index (χ1) is 9.59. The van der Waals surface area contributed by atoms with E-state index in [-0.39, 0.29) is 17.1 Å². The zero-order chi connectivity index (χ0) is 14.3. The molecule has 0 fully saturated rings. The molecule has 3 rings (SSSR count). The third-order valence-electron chi connectivity index (χ3n) is 2.77. The van der Waals surface area contributed by atoms with Crippen LogP contribution in [0.2, 0.25) is 0 Å². The van der Waals surface area contributed by atoms with Crippen molar-refractivity contribution in [2.45, 2.75) is 0 Å². The highest BCUT2D eigenvalue weighted by molar-refractivity contribution is 7.13. The molecule has 0 saturated heterocycles. The molecule has 0 aliphatic heterocycles. The lowest BCUT2D eigenvalue weighted by Crippen LogP contribution is -1.94. The van der Waals surface area contributed by atoms with Gasteiger partial charge in [0.1, 0.15) is 0 Å². The molecular weight excluding hydrogens is 289 g/mol. The SMILES string of the molecule is Nc1noc(-c2ccc(F)c(F)c2F)c1-c1cccs1. The number of thiophene rings is 1.